The van der Waals surface area contributed by atoms with E-state index in [1.54, 1.807) is 22.5 Å². The van der Waals surface area contributed by atoms with Crippen LogP contribution in [0, 0.1) is 29.1 Å². The molecule has 7 unspecified atom stereocenters. The van der Waals surface area contributed by atoms with Crippen LogP contribution in [0.2, 0.25) is 0 Å². The van der Waals surface area contributed by atoms with E-state index in [9.17, 15) is 5.26 Å². The lowest BCUT2D eigenvalue weighted by Gasteiger charge is -2.51. The van der Waals surface area contributed by atoms with Crippen molar-refractivity contribution >= 4 is 11.1 Å². The van der Waals surface area contributed by atoms with Crippen LogP contribution in [0.15, 0.2) is 95.4 Å². The van der Waals surface area contributed by atoms with Crippen molar-refractivity contribution in [2.45, 2.75) is 114 Å². The lowest BCUT2D eigenvalue weighted by Crippen LogP contribution is -2.59. The highest BCUT2D eigenvalue weighted by molar-refractivity contribution is 5.74. The molecule has 0 saturated carbocycles. The smallest absolute Gasteiger partial charge is 0.103 e. The van der Waals surface area contributed by atoms with Crippen molar-refractivity contribution in [3.63, 3.8) is 0 Å². The number of nitriles is 1. The topological polar surface area (TPSA) is 33.5 Å². The number of allylic oxidation sites excluding steroid dienone is 7. The van der Waals surface area contributed by atoms with Gasteiger partial charge in [0, 0.05) is 29.7 Å². The Morgan fingerprint density at radius 1 is 0.766 bits per heavy atom. The van der Waals surface area contributed by atoms with Gasteiger partial charge in [0.05, 0.1) is 30.2 Å². The lowest BCUT2D eigenvalue weighted by atomic mass is 9.82. The van der Waals surface area contributed by atoms with E-state index in [4.69, 9.17) is 0 Å². The van der Waals surface area contributed by atoms with Crippen LogP contribution in [0.5, 0.6) is 0 Å². The van der Waals surface area contributed by atoms with Gasteiger partial charge in [-0.1, -0.05) is 60.7 Å². The molecular formula is C43H50N4. The fourth-order valence-electron chi connectivity index (χ4n) is 10.8. The molecule has 0 bridgehead atoms. The van der Waals surface area contributed by atoms with Crippen molar-refractivity contribution in [1.29, 1.82) is 5.26 Å². The minimum Gasteiger partial charge on any atom is -0.351 e. The Kier molecular flexibility index (Phi) is 7.65. The second kappa shape index (κ2) is 12.2. The molecule has 0 fully saturated rings. The Hall–Kier alpha value is -3.55. The number of nitrogens with zero attached hydrogens (tertiary/aromatic N) is 4. The molecular weight excluding hydrogens is 573 g/mol. The summed E-state index contributed by atoms with van der Waals surface area (Å²) in [6, 6.07) is 12.8. The van der Waals surface area contributed by atoms with Crippen molar-refractivity contribution in [1.82, 2.24) is 14.7 Å². The maximum absolute atomic E-state index is 9.71. The fourth-order valence-corrected chi connectivity index (χ4v) is 10.8. The highest BCUT2D eigenvalue weighted by atomic mass is 15.5. The summed E-state index contributed by atoms with van der Waals surface area (Å²) in [6.07, 6.45) is 36.9. The van der Waals surface area contributed by atoms with Gasteiger partial charge in [0.2, 0.25) is 0 Å². The van der Waals surface area contributed by atoms with Crippen LogP contribution in [0.25, 0.3) is 11.1 Å². The van der Waals surface area contributed by atoms with Gasteiger partial charge in [-0.05, 0) is 136 Å². The summed E-state index contributed by atoms with van der Waals surface area (Å²) in [5.74, 6) is 1.35. The fraction of sp³-hybridized carbons (Fsp3) is 0.512. The van der Waals surface area contributed by atoms with E-state index in [1.807, 2.05) is 0 Å². The maximum Gasteiger partial charge on any atom is 0.103 e. The minimum atomic E-state index is 0.137. The van der Waals surface area contributed by atoms with E-state index in [-0.39, 0.29) is 12.1 Å². The first-order valence-electron chi connectivity index (χ1n) is 18.8. The first-order valence-corrected chi connectivity index (χ1v) is 18.8. The molecule has 0 amide bonds. The Morgan fingerprint density at radius 2 is 1.53 bits per heavy atom. The molecule has 9 rings (SSSR count). The van der Waals surface area contributed by atoms with Gasteiger partial charge in [-0.2, -0.15) is 5.26 Å². The van der Waals surface area contributed by atoms with Crippen molar-refractivity contribution < 1.29 is 0 Å². The van der Waals surface area contributed by atoms with Gasteiger partial charge in [0.15, 0.2) is 0 Å². The second-order valence-electron chi connectivity index (χ2n) is 15.4. The maximum atomic E-state index is 9.71. The van der Waals surface area contributed by atoms with Crippen molar-refractivity contribution in [2.24, 2.45) is 17.8 Å². The SMILES string of the molecule is CN1C(N2C3=C(CCCC3)C3CCC=CC32)C=C(c2cccc(C3=CCCC(C#N)C3)c2)CC1N1C2=C(CCCC2)C2C=CC=CC21. The van der Waals surface area contributed by atoms with Crippen LogP contribution in [0.3, 0.4) is 0 Å². The number of hydrogen-bond acceptors (Lipinski definition) is 4. The second-order valence-corrected chi connectivity index (χ2v) is 15.4. The zero-order chi connectivity index (χ0) is 31.5. The Morgan fingerprint density at radius 3 is 2.38 bits per heavy atom. The van der Waals surface area contributed by atoms with E-state index in [1.165, 1.54) is 86.5 Å². The Labute approximate surface area is 282 Å². The average Bonchev–Trinajstić information content (AvgIpc) is 3.65. The van der Waals surface area contributed by atoms with Crippen LogP contribution in [-0.4, -0.2) is 46.2 Å². The van der Waals surface area contributed by atoms with Gasteiger partial charge in [0.1, 0.15) is 6.17 Å². The summed E-state index contributed by atoms with van der Waals surface area (Å²) in [5.41, 5.74) is 12.4. The molecule has 3 heterocycles. The molecule has 3 aliphatic heterocycles. The van der Waals surface area contributed by atoms with Crippen molar-refractivity contribution in [2.75, 3.05) is 7.05 Å². The molecule has 4 nitrogen and oxygen atoms in total. The standard InChI is InChI=1S/C43H50N4/c1-45-42(46-38-20-6-2-16-34(38)35-17-3-7-21-39(35)46)26-33(32-15-11-14-31(25-32)30-13-10-12-29(24-30)28-44)27-43(45)47-40-22-8-4-18-36(40)37-19-5-9-23-41(37)47/h2,6,8,11,13-16,20,22,25,27,29,34,36,38,40,42-43H,3-5,7,9-10,12,17-19,21,23-24,26H2,1H3. The Bertz CT molecular complexity index is 1690. The summed E-state index contributed by atoms with van der Waals surface area (Å²) in [4.78, 5) is 8.56. The molecule has 0 spiro atoms. The quantitative estimate of drug-likeness (QED) is 0.313. The number of rotatable bonds is 4. The average molecular weight is 623 g/mol. The zero-order valence-electron chi connectivity index (χ0n) is 28.2. The number of fused-ring (bicyclic) bond motifs is 4. The van der Waals surface area contributed by atoms with E-state index < -0.39 is 0 Å². The molecule has 0 N–H and O–H groups in total. The Balaban J connectivity index is 1.15. The van der Waals surface area contributed by atoms with E-state index in [0.717, 1.165) is 25.7 Å². The third-order valence-corrected chi connectivity index (χ3v) is 13.0. The van der Waals surface area contributed by atoms with Crippen LogP contribution >= 0.6 is 0 Å². The van der Waals surface area contributed by atoms with Crippen LogP contribution in [-0.2, 0) is 0 Å². The van der Waals surface area contributed by atoms with Gasteiger partial charge in [-0.15, -0.1) is 0 Å². The molecule has 242 valence electrons. The van der Waals surface area contributed by atoms with Gasteiger partial charge < -0.3 is 9.80 Å². The van der Waals surface area contributed by atoms with E-state index in [2.05, 4.69) is 101 Å². The van der Waals surface area contributed by atoms with Crippen molar-refractivity contribution in [3.8, 4) is 6.07 Å². The summed E-state index contributed by atoms with van der Waals surface area (Å²) in [7, 11) is 2.44. The van der Waals surface area contributed by atoms with Crippen molar-refractivity contribution in [3.05, 3.63) is 107 Å². The van der Waals surface area contributed by atoms with E-state index in [0.29, 0.717) is 30.1 Å². The molecule has 5 aliphatic carbocycles. The summed E-state index contributed by atoms with van der Waals surface area (Å²) < 4.78 is 0. The van der Waals surface area contributed by atoms with Gasteiger partial charge in [0.25, 0.3) is 0 Å². The zero-order valence-corrected chi connectivity index (χ0v) is 28.2. The third-order valence-electron chi connectivity index (χ3n) is 13.0. The van der Waals surface area contributed by atoms with Crippen LogP contribution < -0.4 is 0 Å². The predicted octanol–water partition coefficient (Wildman–Crippen LogP) is 9.50. The predicted molar refractivity (Wildman–Crippen MR) is 191 cm³/mol. The summed E-state index contributed by atoms with van der Waals surface area (Å²) in [6.45, 7) is 0. The largest absolute Gasteiger partial charge is 0.351 e. The highest BCUT2D eigenvalue weighted by Crippen LogP contribution is 2.51. The molecule has 7 atom stereocenters. The summed E-state index contributed by atoms with van der Waals surface area (Å²) >= 11 is 0. The molecule has 8 aliphatic rings. The molecule has 0 aromatic heterocycles. The van der Waals surface area contributed by atoms with Gasteiger partial charge >= 0.3 is 0 Å². The molecule has 1 aromatic carbocycles. The van der Waals surface area contributed by atoms with Crippen LogP contribution in [0.4, 0.5) is 0 Å². The number of benzene rings is 1. The molecule has 47 heavy (non-hydrogen) atoms. The van der Waals surface area contributed by atoms with E-state index >= 15 is 0 Å². The summed E-state index contributed by atoms with van der Waals surface area (Å²) in [5, 5.41) is 9.71. The molecule has 4 heteroatoms. The monoisotopic (exact) mass is 622 g/mol. The first kappa shape index (κ1) is 29.6. The molecule has 1 aromatic rings. The first-order chi connectivity index (χ1) is 23.2. The lowest BCUT2D eigenvalue weighted by molar-refractivity contribution is -0.00729. The normalized spacial score (nSPS) is 34.9. The van der Waals surface area contributed by atoms with Gasteiger partial charge in [-0.25, -0.2) is 0 Å². The third kappa shape index (κ3) is 4.95. The molecule has 0 radical (unpaired) electrons. The highest BCUT2D eigenvalue weighted by Gasteiger charge is 2.49. The number of hydrogen-bond donors (Lipinski definition) is 0. The number of likely N-dealkylation sites (N-methyl/N-ethyl adjacent to an activating group) is 1. The minimum absolute atomic E-state index is 0.137. The van der Waals surface area contributed by atoms with Gasteiger partial charge in [-0.3, -0.25) is 4.90 Å². The molecule has 0 saturated heterocycles. The van der Waals surface area contributed by atoms with Crippen LogP contribution in [0.1, 0.15) is 101 Å².